The Bertz CT molecular complexity index is 1470. The Kier molecular flexibility index (Phi) is 10.3. The van der Waals surface area contributed by atoms with E-state index in [1.54, 1.807) is 0 Å². The van der Waals surface area contributed by atoms with E-state index in [0.29, 0.717) is 31.1 Å². The summed E-state index contributed by atoms with van der Waals surface area (Å²) in [4.78, 5) is 35.8. The van der Waals surface area contributed by atoms with Crippen molar-refractivity contribution < 1.29 is 9.59 Å². The maximum Gasteiger partial charge on any atom is 0.262 e. The minimum absolute atomic E-state index is 0.123. The highest BCUT2D eigenvalue weighted by atomic mass is 32.2. The van der Waals surface area contributed by atoms with E-state index < -0.39 is 0 Å². The minimum Gasteiger partial charge on any atom is -0.368 e. The predicted molar refractivity (Wildman–Crippen MR) is 177 cm³/mol. The van der Waals surface area contributed by atoms with E-state index in [-0.39, 0.29) is 17.7 Å². The Morgan fingerprint density at radius 3 is 2.53 bits per heavy atom. The van der Waals surface area contributed by atoms with Gasteiger partial charge in [0.2, 0.25) is 5.91 Å². The van der Waals surface area contributed by atoms with Gasteiger partial charge in [-0.3, -0.25) is 19.3 Å². The number of hydrogen-bond acceptors (Lipinski definition) is 6. The van der Waals surface area contributed by atoms with Gasteiger partial charge in [-0.25, -0.2) is 4.31 Å². The van der Waals surface area contributed by atoms with Gasteiger partial charge in [-0.2, -0.15) is 0 Å². The zero-order valence-electron chi connectivity index (χ0n) is 25.8. The average molecular weight is 601 g/mol. The summed E-state index contributed by atoms with van der Waals surface area (Å²) in [6.07, 6.45) is 15.7. The van der Waals surface area contributed by atoms with Crippen LogP contribution in [-0.4, -0.2) is 70.8 Å². The third-order valence-electron chi connectivity index (χ3n) is 8.65. The number of benzene rings is 1. The number of nitrogens with zero attached hydrogens (tertiary/aromatic N) is 5. The highest BCUT2D eigenvalue weighted by Gasteiger charge is 2.30. The standard InChI is InChI=1S/C34H44N6O2S/c1-5-25(2)32-29-14-13-26(33(41)36-43-37(3)4)23-31(29)40-24-27(11-9-7-6-8-10-12-30(32)40)34(42)39-21-19-38(20-22-39)28-15-17-35-18-16-28/h6-8,10,13-18,23,25,27H,5,9,11-12,19-22,24H2,1-4H3,(H,36,41)/b7-6-,10-8-. The van der Waals surface area contributed by atoms with Crippen LogP contribution in [0.4, 0.5) is 5.69 Å². The number of aromatic nitrogens is 2. The molecular formula is C34H44N6O2S. The van der Waals surface area contributed by atoms with Gasteiger partial charge in [0.1, 0.15) is 0 Å². The summed E-state index contributed by atoms with van der Waals surface area (Å²) >= 11 is 1.27. The first kappa shape index (κ1) is 30.9. The topological polar surface area (TPSA) is 73.7 Å². The third kappa shape index (κ3) is 7.16. The number of rotatable bonds is 7. The molecule has 2 unspecified atom stereocenters. The molecule has 43 heavy (non-hydrogen) atoms. The molecular weight excluding hydrogens is 556 g/mol. The second-order valence-corrected chi connectivity index (χ2v) is 12.8. The first-order valence-corrected chi connectivity index (χ1v) is 16.2. The van der Waals surface area contributed by atoms with Crippen LogP contribution in [0, 0.1) is 5.92 Å². The van der Waals surface area contributed by atoms with E-state index in [4.69, 9.17) is 0 Å². The van der Waals surface area contributed by atoms with Gasteiger partial charge in [-0.15, -0.1) is 0 Å². The molecule has 0 saturated carbocycles. The Morgan fingerprint density at radius 2 is 1.81 bits per heavy atom. The normalized spacial score (nSPS) is 19.9. The quantitative estimate of drug-likeness (QED) is 0.345. The van der Waals surface area contributed by atoms with Crippen molar-refractivity contribution in [3.05, 3.63) is 83.9 Å². The summed E-state index contributed by atoms with van der Waals surface area (Å²) in [6.45, 7) is 8.15. The summed E-state index contributed by atoms with van der Waals surface area (Å²) in [6, 6.07) is 10.1. The van der Waals surface area contributed by atoms with Crippen molar-refractivity contribution in [2.75, 3.05) is 45.2 Å². The van der Waals surface area contributed by atoms with Crippen LogP contribution in [0.2, 0.25) is 0 Å². The van der Waals surface area contributed by atoms with Crippen LogP contribution < -0.4 is 9.62 Å². The Balaban J connectivity index is 1.49. The number of hydrogen-bond donors (Lipinski definition) is 1. The summed E-state index contributed by atoms with van der Waals surface area (Å²) in [5, 5.41) is 1.18. The molecule has 1 saturated heterocycles. The fraction of sp³-hybridized carbons (Fsp3) is 0.441. The van der Waals surface area contributed by atoms with Crippen molar-refractivity contribution in [2.45, 2.75) is 52.0 Å². The number of allylic oxidation sites excluding steroid dienone is 4. The van der Waals surface area contributed by atoms with E-state index in [1.165, 1.54) is 28.8 Å². The second kappa shape index (κ2) is 14.3. The minimum atomic E-state index is -0.156. The molecule has 4 heterocycles. The number of amides is 2. The van der Waals surface area contributed by atoms with Crippen LogP contribution in [0.3, 0.4) is 0 Å². The van der Waals surface area contributed by atoms with E-state index in [2.05, 4.69) is 68.3 Å². The first-order valence-electron chi connectivity index (χ1n) is 15.4. The molecule has 5 rings (SSSR count). The predicted octanol–water partition coefficient (Wildman–Crippen LogP) is 5.82. The molecule has 0 spiro atoms. The maximum atomic E-state index is 14.2. The molecule has 1 fully saturated rings. The second-order valence-electron chi connectivity index (χ2n) is 11.7. The van der Waals surface area contributed by atoms with Gasteiger partial charge >= 0.3 is 0 Å². The highest BCUT2D eigenvalue weighted by molar-refractivity contribution is 7.95. The molecule has 2 amide bonds. The molecule has 228 valence electrons. The van der Waals surface area contributed by atoms with Crippen LogP contribution >= 0.6 is 12.1 Å². The van der Waals surface area contributed by atoms with E-state index in [1.807, 2.05) is 55.1 Å². The zero-order valence-corrected chi connectivity index (χ0v) is 26.6. The number of fused-ring (bicyclic) bond motifs is 3. The van der Waals surface area contributed by atoms with Gasteiger partial charge in [0.15, 0.2) is 0 Å². The summed E-state index contributed by atoms with van der Waals surface area (Å²) in [5.41, 5.74) is 5.39. The van der Waals surface area contributed by atoms with E-state index >= 15 is 0 Å². The van der Waals surface area contributed by atoms with Crippen molar-refractivity contribution in [3.63, 3.8) is 0 Å². The van der Waals surface area contributed by atoms with Crippen LogP contribution in [0.25, 0.3) is 10.9 Å². The van der Waals surface area contributed by atoms with Crippen molar-refractivity contribution in [1.82, 2.24) is 23.5 Å². The molecule has 0 radical (unpaired) electrons. The van der Waals surface area contributed by atoms with Gasteiger partial charge in [-0.1, -0.05) is 44.2 Å². The Morgan fingerprint density at radius 1 is 1.07 bits per heavy atom. The number of carbonyl (C=O) groups is 2. The monoisotopic (exact) mass is 600 g/mol. The lowest BCUT2D eigenvalue weighted by Gasteiger charge is -2.37. The van der Waals surface area contributed by atoms with E-state index in [0.717, 1.165) is 50.0 Å². The molecule has 8 nitrogen and oxygen atoms in total. The summed E-state index contributed by atoms with van der Waals surface area (Å²) in [7, 11) is 3.80. The summed E-state index contributed by atoms with van der Waals surface area (Å²) < 4.78 is 7.14. The fourth-order valence-corrected chi connectivity index (χ4v) is 6.57. The number of piperazine rings is 1. The molecule has 9 heteroatoms. The zero-order chi connectivity index (χ0) is 30.3. The SMILES string of the molecule is CCC(C)c1c2n(c3cc(C(=O)NSN(C)C)ccc13)CC(C(=O)N1CCN(c3ccncc3)CC1)CC/C=C\C=C/C2. The number of anilines is 1. The van der Waals surface area contributed by atoms with Gasteiger partial charge < -0.3 is 14.4 Å². The van der Waals surface area contributed by atoms with Crippen molar-refractivity contribution in [3.8, 4) is 0 Å². The number of pyridine rings is 1. The molecule has 0 aliphatic carbocycles. The van der Waals surface area contributed by atoms with Crippen molar-refractivity contribution in [2.24, 2.45) is 5.92 Å². The fourth-order valence-electron chi connectivity index (χ4n) is 6.19. The number of nitrogens with one attached hydrogen (secondary N) is 1. The first-order chi connectivity index (χ1) is 20.9. The smallest absolute Gasteiger partial charge is 0.262 e. The largest absolute Gasteiger partial charge is 0.368 e. The third-order valence-corrected chi connectivity index (χ3v) is 9.29. The van der Waals surface area contributed by atoms with Gasteiger partial charge in [0.05, 0.1) is 5.92 Å². The van der Waals surface area contributed by atoms with Crippen LogP contribution in [0.5, 0.6) is 0 Å². The Labute approximate surface area is 260 Å². The molecule has 2 aliphatic rings. The average Bonchev–Trinajstić information content (AvgIpc) is 3.31. The van der Waals surface area contributed by atoms with E-state index in [9.17, 15) is 9.59 Å². The lowest BCUT2D eigenvalue weighted by molar-refractivity contribution is -0.136. The van der Waals surface area contributed by atoms with Gasteiger partial charge in [0, 0.05) is 91.5 Å². The van der Waals surface area contributed by atoms with Gasteiger partial charge in [-0.05, 0) is 69.1 Å². The molecule has 2 aromatic heterocycles. The molecule has 0 bridgehead atoms. The number of carbonyl (C=O) groups excluding carboxylic acids is 2. The van der Waals surface area contributed by atoms with Crippen LogP contribution in [-0.2, 0) is 17.8 Å². The van der Waals surface area contributed by atoms with Crippen molar-refractivity contribution >= 4 is 40.5 Å². The molecule has 2 atom stereocenters. The highest BCUT2D eigenvalue weighted by Crippen LogP contribution is 2.36. The molecule has 3 aromatic rings. The lowest BCUT2D eigenvalue weighted by Crippen LogP contribution is -2.51. The molecule has 2 aliphatic heterocycles. The maximum absolute atomic E-state index is 14.2. The van der Waals surface area contributed by atoms with Crippen LogP contribution in [0.1, 0.15) is 60.6 Å². The molecule has 1 N–H and O–H groups in total. The van der Waals surface area contributed by atoms with Gasteiger partial charge in [0.25, 0.3) is 5.91 Å². The van der Waals surface area contributed by atoms with Crippen molar-refractivity contribution in [1.29, 1.82) is 0 Å². The molecule has 1 aromatic carbocycles. The Hall–Kier alpha value is -3.56. The van der Waals surface area contributed by atoms with Crippen LogP contribution in [0.15, 0.2) is 67.0 Å². The lowest BCUT2D eigenvalue weighted by atomic mass is 9.94. The summed E-state index contributed by atoms with van der Waals surface area (Å²) in [5.74, 6) is 0.300.